The van der Waals surface area contributed by atoms with Gasteiger partial charge in [0.1, 0.15) is 5.82 Å². The number of nitrogens with zero attached hydrogens (tertiary/aromatic N) is 2. The topological polar surface area (TPSA) is 38.0 Å². The molecule has 0 saturated heterocycles. The van der Waals surface area contributed by atoms with Crippen molar-refractivity contribution in [1.29, 1.82) is 0 Å². The smallest absolute Gasteiger partial charge is 0.126 e. The van der Waals surface area contributed by atoms with Crippen LogP contribution in [0.15, 0.2) is 12.1 Å². The third-order valence-electron chi connectivity index (χ3n) is 3.19. The molecule has 1 unspecified atom stereocenters. The summed E-state index contributed by atoms with van der Waals surface area (Å²) < 4.78 is 15.3. The van der Waals surface area contributed by atoms with Crippen LogP contribution >= 0.6 is 11.6 Å². The molecule has 102 valence electrons. The molecule has 0 fully saturated rings. The molecule has 0 saturated carbocycles. The summed E-state index contributed by atoms with van der Waals surface area (Å²) in [6.45, 7) is 6.93. The number of aliphatic hydroxyl groups excluding tert-OH is 1. The summed E-state index contributed by atoms with van der Waals surface area (Å²) in [6, 6.07) is 3.02. The highest BCUT2D eigenvalue weighted by molar-refractivity contribution is 6.31. The van der Waals surface area contributed by atoms with E-state index in [0.717, 1.165) is 5.69 Å². The first-order chi connectivity index (χ1) is 8.82. The van der Waals surface area contributed by atoms with E-state index in [0.29, 0.717) is 27.5 Å². The Morgan fingerprint density at radius 2 is 1.95 bits per heavy atom. The minimum Gasteiger partial charge on any atom is -0.389 e. The molecule has 19 heavy (non-hydrogen) atoms. The zero-order chi connectivity index (χ0) is 14.3. The fourth-order valence-corrected chi connectivity index (χ4v) is 2.18. The second kappa shape index (κ2) is 4.94. The van der Waals surface area contributed by atoms with Gasteiger partial charge in [0.2, 0.25) is 0 Å². The number of aromatic nitrogens is 2. The zero-order valence-corrected chi connectivity index (χ0v) is 12.1. The van der Waals surface area contributed by atoms with Crippen LogP contribution in [0.4, 0.5) is 4.39 Å². The summed E-state index contributed by atoms with van der Waals surface area (Å²) in [6.07, 6.45) is -0.784. The van der Waals surface area contributed by atoms with E-state index in [1.54, 1.807) is 24.6 Å². The van der Waals surface area contributed by atoms with E-state index in [1.165, 1.54) is 6.07 Å². The maximum absolute atomic E-state index is 13.7. The second-order valence-electron chi connectivity index (χ2n) is 4.73. The van der Waals surface area contributed by atoms with Crippen molar-refractivity contribution in [2.24, 2.45) is 0 Å². The van der Waals surface area contributed by atoms with E-state index < -0.39 is 6.10 Å². The first-order valence-electron chi connectivity index (χ1n) is 6.03. The number of hydrogen-bond acceptors (Lipinski definition) is 2. The van der Waals surface area contributed by atoms with Crippen LogP contribution in [0.25, 0.3) is 5.69 Å². The molecule has 0 spiro atoms. The van der Waals surface area contributed by atoms with Crippen molar-refractivity contribution >= 4 is 11.6 Å². The lowest BCUT2D eigenvalue weighted by molar-refractivity contribution is 0.198. The average Bonchev–Trinajstić information content (AvgIpc) is 2.59. The Labute approximate surface area is 116 Å². The fourth-order valence-electron chi connectivity index (χ4n) is 2.06. The van der Waals surface area contributed by atoms with E-state index in [2.05, 4.69) is 5.10 Å². The Morgan fingerprint density at radius 3 is 2.42 bits per heavy atom. The lowest BCUT2D eigenvalue weighted by atomic mass is 10.0. The number of halogens is 2. The van der Waals surface area contributed by atoms with Crippen molar-refractivity contribution in [1.82, 2.24) is 9.78 Å². The van der Waals surface area contributed by atoms with Gasteiger partial charge in [-0.2, -0.15) is 5.10 Å². The first kappa shape index (κ1) is 14.0. The molecule has 0 amide bonds. The van der Waals surface area contributed by atoms with Gasteiger partial charge in [-0.25, -0.2) is 9.07 Å². The van der Waals surface area contributed by atoms with Gasteiger partial charge < -0.3 is 5.11 Å². The first-order valence-corrected chi connectivity index (χ1v) is 6.41. The summed E-state index contributed by atoms with van der Waals surface area (Å²) >= 11 is 6.13. The van der Waals surface area contributed by atoms with Gasteiger partial charge in [0.15, 0.2) is 0 Å². The van der Waals surface area contributed by atoms with E-state index in [-0.39, 0.29) is 5.82 Å². The third kappa shape index (κ3) is 2.38. The van der Waals surface area contributed by atoms with Gasteiger partial charge in [-0.1, -0.05) is 11.6 Å². The lowest BCUT2D eigenvalue weighted by Crippen LogP contribution is -2.07. The normalized spacial score (nSPS) is 12.8. The van der Waals surface area contributed by atoms with Crippen molar-refractivity contribution in [2.75, 3.05) is 0 Å². The Bertz CT molecular complexity index is 635. The Hall–Kier alpha value is -1.39. The molecule has 2 aromatic rings. The molecule has 1 heterocycles. The molecule has 1 aromatic heterocycles. The zero-order valence-electron chi connectivity index (χ0n) is 11.3. The number of benzene rings is 1. The maximum atomic E-state index is 13.7. The molecule has 0 radical (unpaired) electrons. The van der Waals surface area contributed by atoms with Crippen molar-refractivity contribution in [3.05, 3.63) is 45.5 Å². The minimum atomic E-state index is -0.784. The van der Waals surface area contributed by atoms with E-state index in [4.69, 9.17) is 11.6 Å². The van der Waals surface area contributed by atoms with Crippen LogP contribution in [0.1, 0.15) is 35.5 Å². The highest BCUT2D eigenvalue weighted by atomic mass is 35.5. The molecule has 0 aliphatic rings. The molecule has 1 N–H and O–H groups in total. The van der Waals surface area contributed by atoms with Crippen LogP contribution in [0.5, 0.6) is 0 Å². The van der Waals surface area contributed by atoms with Gasteiger partial charge in [0, 0.05) is 5.56 Å². The molecule has 3 nitrogen and oxygen atoms in total. The van der Waals surface area contributed by atoms with Gasteiger partial charge in [-0.05, 0) is 45.4 Å². The quantitative estimate of drug-likeness (QED) is 0.913. The molecule has 0 bridgehead atoms. The molecule has 1 aromatic carbocycles. The molecule has 2 rings (SSSR count). The van der Waals surface area contributed by atoms with Gasteiger partial charge in [0.25, 0.3) is 0 Å². The average molecular weight is 283 g/mol. The Morgan fingerprint density at radius 1 is 1.32 bits per heavy atom. The van der Waals surface area contributed by atoms with E-state index in [9.17, 15) is 9.50 Å². The monoisotopic (exact) mass is 282 g/mol. The number of hydrogen-bond donors (Lipinski definition) is 1. The summed E-state index contributed by atoms with van der Waals surface area (Å²) in [7, 11) is 0. The van der Waals surface area contributed by atoms with Crippen molar-refractivity contribution < 1.29 is 9.50 Å². The van der Waals surface area contributed by atoms with Gasteiger partial charge in [0.05, 0.1) is 28.2 Å². The molecule has 5 heteroatoms. The lowest BCUT2D eigenvalue weighted by Gasteiger charge is -2.15. The van der Waals surface area contributed by atoms with Crippen LogP contribution in [-0.2, 0) is 0 Å². The SMILES string of the molecule is Cc1cc(-n2nc(C)c(Cl)c2C)c(C(C)O)cc1F. The predicted molar refractivity (Wildman–Crippen MR) is 73.4 cm³/mol. The van der Waals surface area contributed by atoms with Crippen LogP contribution < -0.4 is 0 Å². The highest BCUT2D eigenvalue weighted by Gasteiger charge is 2.17. The molecule has 1 atom stereocenters. The van der Waals surface area contributed by atoms with Gasteiger partial charge in [-0.15, -0.1) is 0 Å². The van der Waals surface area contributed by atoms with Crippen LogP contribution in [0.3, 0.4) is 0 Å². The standard InChI is InChI=1S/C14H16ClFN2O/c1-7-5-13(11(10(4)19)6-12(7)16)18-9(3)14(15)8(2)17-18/h5-6,10,19H,1-4H3. The van der Waals surface area contributed by atoms with Gasteiger partial charge in [-0.3, -0.25) is 0 Å². The highest BCUT2D eigenvalue weighted by Crippen LogP contribution is 2.28. The van der Waals surface area contributed by atoms with Gasteiger partial charge >= 0.3 is 0 Å². The molecular formula is C14H16ClFN2O. The van der Waals surface area contributed by atoms with E-state index >= 15 is 0 Å². The van der Waals surface area contributed by atoms with Crippen molar-refractivity contribution in [3.8, 4) is 5.69 Å². The molecular weight excluding hydrogens is 267 g/mol. The Balaban J connectivity index is 2.73. The Kier molecular flexibility index (Phi) is 3.65. The largest absolute Gasteiger partial charge is 0.389 e. The summed E-state index contributed by atoms with van der Waals surface area (Å²) in [5.74, 6) is -0.340. The summed E-state index contributed by atoms with van der Waals surface area (Å²) in [5.41, 5.74) is 3.12. The minimum absolute atomic E-state index is 0.340. The fraction of sp³-hybridized carbons (Fsp3) is 0.357. The van der Waals surface area contributed by atoms with Crippen LogP contribution in [-0.4, -0.2) is 14.9 Å². The van der Waals surface area contributed by atoms with Crippen LogP contribution in [0.2, 0.25) is 5.02 Å². The van der Waals surface area contributed by atoms with E-state index in [1.807, 2.05) is 13.8 Å². The number of aryl methyl sites for hydroxylation is 2. The molecule has 0 aliphatic heterocycles. The second-order valence-corrected chi connectivity index (χ2v) is 5.11. The predicted octanol–water partition coefficient (Wildman–Crippen LogP) is 3.64. The van der Waals surface area contributed by atoms with Crippen LogP contribution in [0, 0.1) is 26.6 Å². The summed E-state index contributed by atoms with van der Waals surface area (Å²) in [4.78, 5) is 0. The summed E-state index contributed by atoms with van der Waals surface area (Å²) in [5, 5.41) is 14.7. The number of aliphatic hydroxyl groups is 1. The van der Waals surface area contributed by atoms with Crippen molar-refractivity contribution in [3.63, 3.8) is 0 Å². The van der Waals surface area contributed by atoms with Crippen molar-refractivity contribution in [2.45, 2.75) is 33.8 Å². The molecule has 0 aliphatic carbocycles. The maximum Gasteiger partial charge on any atom is 0.126 e. The number of rotatable bonds is 2. The third-order valence-corrected chi connectivity index (χ3v) is 3.74.